The van der Waals surface area contributed by atoms with Crippen molar-refractivity contribution >= 4 is 23.6 Å². The lowest BCUT2D eigenvalue weighted by Crippen LogP contribution is -2.48. The summed E-state index contributed by atoms with van der Waals surface area (Å²) >= 11 is 0. The molecule has 4 rings (SSSR count). The average molecular weight is 461 g/mol. The maximum Gasteiger partial charge on any atom is 0.266 e. The fraction of sp³-hybridized carbons (Fsp3) is 0.435. The van der Waals surface area contributed by atoms with Gasteiger partial charge in [-0.3, -0.25) is 4.79 Å². The first kappa shape index (κ1) is 23.0. The van der Waals surface area contributed by atoms with Gasteiger partial charge >= 0.3 is 0 Å². The van der Waals surface area contributed by atoms with Crippen molar-refractivity contribution in [3.05, 3.63) is 52.6 Å². The molecule has 2 aromatic rings. The molecular weight excluding hydrogens is 433 g/mol. The van der Waals surface area contributed by atoms with Crippen molar-refractivity contribution < 1.29 is 18.0 Å². The van der Waals surface area contributed by atoms with E-state index in [1.54, 1.807) is 13.0 Å². The van der Waals surface area contributed by atoms with E-state index in [-0.39, 0.29) is 11.5 Å². The normalized spacial score (nSPS) is 17.6. The molecule has 2 aliphatic rings. The second-order valence-corrected chi connectivity index (χ2v) is 8.50. The number of fused-ring (bicyclic) bond motifs is 1. The van der Waals surface area contributed by atoms with E-state index in [1.807, 2.05) is 23.9 Å². The van der Waals surface area contributed by atoms with Crippen LogP contribution in [0.2, 0.25) is 0 Å². The molecule has 1 fully saturated rings. The number of hydrogen-bond acceptors (Lipinski definition) is 6. The van der Waals surface area contributed by atoms with Gasteiger partial charge in [0.15, 0.2) is 0 Å². The highest BCUT2D eigenvalue weighted by molar-refractivity contribution is 6.01. The fourth-order valence-corrected chi connectivity index (χ4v) is 4.18. The number of aromatic nitrogens is 2. The first-order chi connectivity index (χ1) is 15.8. The molecule has 7 nitrogen and oxygen atoms in total. The maximum absolute atomic E-state index is 14.7. The minimum Gasteiger partial charge on any atom is -0.363 e. The van der Waals surface area contributed by atoms with Gasteiger partial charge in [0.25, 0.3) is 12.3 Å². The number of anilines is 2. The van der Waals surface area contributed by atoms with Gasteiger partial charge in [-0.25, -0.2) is 23.1 Å². The number of carbonyl (C=O) groups excluding carboxylic acids is 1. The Labute approximate surface area is 190 Å². The average Bonchev–Trinajstić information content (AvgIpc) is 2.79. The zero-order valence-corrected chi connectivity index (χ0v) is 18.9. The molecule has 0 radical (unpaired) electrons. The van der Waals surface area contributed by atoms with Crippen LogP contribution in [0, 0.1) is 5.82 Å². The Morgan fingerprint density at radius 2 is 1.79 bits per heavy atom. The number of likely N-dealkylation sites (N-methyl/N-ethyl adjacent to an activating group) is 2. The molecule has 1 atom stereocenters. The van der Waals surface area contributed by atoms with Gasteiger partial charge in [0.05, 0.1) is 17.2 Å². The predicted octanol–water partition coefficient (Wildman–Crippen LogP) is 3.33. The van der Waals surface area contributed by atoms with Crippen molar-refractivity contribution in [3.63, 3.8) is 0 Å². The van der Waals surface area contributed by atoms with E-state index in [4.69, 9.17) is 0 Å². The van der Waals surface area contributed by atoms with Crippen molar-refractivity contribution in [1.29, 1.82) is 0 Å². The Morgan fingerprint density at radius 1 is 1.09 bits per heavy atom. The number of rotatable bonds is 5. The van der Waals surface area contributed by atoms with E-state index in [9.17, 15) is 18.0 Å². The molecule has 0 saturated carbocycles. The lowest BCUT2D eigenvalue weighted by atomic mass is 10.0. The quantitative estimate of drug-likeness (QED) is 0.739. The summed E-state index contributed by atoms with van der Waals surface area (Å²) in [7, 11) is 3.87. The van der Waals surface area contributed by atoms with Gasteiger partial charge in [-0.15, -0.1) is 0 Å². The van der Waals surface area contributed by atoms with Crippen LogP contribution in [0.3, 0.4) is 0 Å². The van der Waals surface area contributed by atoms with E-state index < -0.39 is 23.8 Å². The first-order valence-electron chi connectivity index (χ1n) is 10.8. The van der Waals surface area contributed by atoms with Crippen LogP contribution in [0.5, 0.6) is 0 Å². The summed E-state index contributed by atoms with van der Waals surface area (Å²) in [6.07, 6.45) is 0.262. The minimum atomic E-state index is -2.90. The summed E-state index contributed by atoms with van der Waals surface area (Å²) in [5.74, 6) is 0.0779. The lowest BCUT2D eigenvalue weighted by Gasteiger charge is -2.35. The molecule has 1 aromatic heterocycles. The van der Waals surface area contributed by atoms with E-state index >= 15 is 0 Å². The maximum atomic E-state index is 14.7. The molecule has 176 valence electrons. The zero-order valence-electron chi connectivity index (χ0n) is 18.9. The number of benzene rings is 1. The molecule has 1 aromatic carbocycles. The molecule has 1 amide bonds. The number of hydrogen-bond donors (Lipinski definition) is 1. The van der Waals surface area contributed by atoms with Gasteiger partial charge in [0, 0.05) is 50.9 Å². The Hall–Kier alpha value is -3.14. The third-order valence-electron chi connectivity index (χ3n) is 6.13. The number of carbonyl (C=O) groups is 1. The largest absolute Gasteiger partial charge is 0.363 e. The van der Waals surface area contributed by atoms with Crippen LogP contribution in [0.4, 0.5) is 24.8 Å². The van der Waals surface area contributed by atoms with E-state index in [2.05, 4.69) is 20.2 Å². The smallest absolute Gasteiger partial charge is 0.266 e. The Kier molecular flexibility index (Phi) is 6.55. The summed E-state index contributed by atoms with van der Waals surface area (Å²) in [6, 6.07) is 3.32. The number of amides is 1. The van der Waals surface area contributed by atoms with Crippen LogP contribution in [0.15, 0.2) is 30.1 Å². The van der Waals surface area contributed by atoms with Crippen molar-refractivity contribution in [2.24, 2.45) is 0 Å². The molecule has 3 heterocycles. The summed E-state index contributed by atoms with van der Waals surface area (Å²) in [6.45, 7) is 5.06. The van der Waals surface area contributed by atoms with Crippen molar-refractivity contribution in [2.45, 2.75) is 19.4 Å². The summed E-state index contributed by atoms with van der Waals surface area (Å²) in [5.41, 5.74) is 0.708. The Morgan fingerprint density at radius 3 is 2.48 bits per heavy atom. The van der Waals surface area contributed by atoms with Crippen LogP contribution in [0.25, 0.3) is 6.08 Å². The molecule has 1 saturated heterocycles. The summed E-state index contributed by atoms with van der Waals surface area (Å²) in [4.78, 5) is 27.7. The topological polar surface area (TPSA) is 64.6 Å². The molecule has 0 unspecified atom stereocenters. The number of alkyl halides is 2. The number of halogens is 3. The number of piperazine rings is 1. The summed E-state index contributed by atoms with van der Waals surface area (Å²) in [5, 5.41) is 3.12. The Bertz CT molecular complexity index is 1070. The number of nitrogens with one attached hydrogen (secondary N) is 1. The molecule has 0 aliphatic carbocycles. The third-order valence-corrected chi connectivity index (χ3v) is 6.13. The van der Waals surface area contributed by atoms with E-state index in [0.29, 0.717) is 42.4 Å². The first-order valence-corrected chi connectivity index (χ1v) is 10.8. The highest BCUT2D eigenvalue weighted by atomic mass is 19.3. The molecule has 0 bridgehead atoms. The molecule has 33 heavy (non-hydrogen) atoms. The second-order valence-electron chi connectivity index (χ2n) is 8.50. The van der Waals surface area contributed by atoms with E-state index in [0.717, 1.165) is 19.2 Å². The van der Waals surface area contributed by atoms with Crippen LogP contribution in [0.1, 0.15) is 36.1 Å². The minimum absolute atomic E-state index is 0.0286. The van der Waals surface area contributed by atoms with Gasteiger partial charge in [0.1, 0.15) is 23.8 Å². The van der Waals surface area contributed by atoms with Crippen molar-refractivity contribution in [2.75, 3.05) is 57.0 Å². The molecule has 2 aliphatic heterocycles. The van der Waals surface area contributed by atoms with Crippen LogP contribution < -0.4 is 10.2 Å². The highest BCUT2D eigenvalue weighted by Gasteiger charge is 2.28. The van der Waals surface area contributed by atoms with Gasteiger partial charge in [-0.05, 0) is 20.0 Å². The molecule has 10 heteroatoms. The van der Waals surface area contributed by atoms with Gasteiger partial charge in [-0.1, -0.05) is 18.2 Å². The molecular formula is C23H27F3N6O. The SMILES string of the molecule is C[C@@H](Nc1ncnc2c1C=C(C(=O)N1CCN(C)CC1)CN2C)c1cccc(C(F)F)c1F. The predicted molar refractivity (Wildman–Crippen MR) is 121 cm³/mol. The number of nitrogens with zero attached hydrogens (tertiary/aromatic N) is 5. The third kappa shape index (κ3) is 4.66. The highest BCUT2D eigenvalue weighted by Crippen LogP contribution is 2.34. The lowest BCUT2D eigenvalue weighted by molar-refractivity contribution is -0.128. The van der Waals surface area contributed by atoms with Crippen molar-refractivity contribution in [1.82, 2.24) is 19.8 Å². The van der Waals surface area contributed by atoms with Crippen molar-refractivity contribution in [3.8, 4) is 0 Å². The van der Waals surface area contributed by atoms with Crippen LogP contribution in [-0.2, 0) is 4.79 Å². The standard InChI is InChI=1S/C23H27F3N6O/c1-14(16-5-4-6-17(19(16)24)20(25)26)29-21-18-11-15(12-31(3)22(18)28-13-27-21)23(33)32-9-7-30(2)8-10-32/h4-6,11,13-14,20H,7-10,12H2,1-3H3,(H,27,28,29)/t14-/m1/s1. The van der Waals surface area contributed by atoms with Crippen LogP contribution in [-0.4, -0.2) is 72.5 Å². The Balaban J connectivity index is 1.62. The molecule has 0 spiro atoms. The fourth-order valence-electron chi connectivity index (χ4n) is 4.18. The second kappa shape index (κ2) is 9.38. The zero-order chi connectivity index (χ0) is 23.7. The van der Waals surface area contributed by atoms with Gasteiger partial charge in [0.2, 0.25) is 0 Å². The summed E-state index contributed by atoms with van der Waals surface area (Å²) < 4.78 is 40.9. The van der Waals surface area contributed by atoms with Crippen LogP contribution >= 0.6 is 0 Å². The van der Waals surface area contributed by atoms with Gasteiger partial charge < -0.3 is 20.0 Å². The molecule has 1 N–H and O–H groups in total. The monoisotopic (exact) mass is 460 g/mol. The van der Waals surface area contributed by atoms with E-state index in [1.165, 1.54) is 18.5 Å². The van der Waals surface area contributed by atoms with Gasteiger partial charge in [-0.2, -0.15) is 0 Å².